The van der Waals surface area contributed by atoms with Gasteiger partial charge in [-0.15, -0.1) is 16.4 Å². The Kier molecular flexibility index (Phi) is 4.67. The van der Waals surface area contributed by atoms with Gasteiger partial charge >= 0.3 is 0 Å². The molecule has 0 aliphatic carbocycles. The monoisotopic (exact) mass is 433 g/mol. The van der Waals surface area contributed by atoms with Crippen molar-refractivity contribution in [2.24, 2.45) is 0 Å². The third-order valence-electron chi connectivity index (χ3n) is 5.19. The Balaban J connectivity index is 1.38. The van der Waals surface area contributed by atoms with Crippen LogP contribution in [0.25, 0.3) is 27.2 Å². The molecule has 0 spiro atoms. The van der Waals surface area contributed by atoms with Crippen LogP contribution >= 0.6 is 11.3 Å². The van der Waals surface area contributed by atoms with E-state index >= 15 is 0 Å². The lowest BCUT2D eigenvalue weighted by atomic mass is 10.1. The highest BCUT2D eigenvalue weighted by molar-refractivity contribution is 7.15. The largest absolute Gasteiger partial charge is 0.497 e. The maximum Gasteiger partial charge on any atom is 0.250 e. The molecule has 0 aliphatic rings. The van der Waals surface area contributed by atoms with Crippen molar-refractivity contribution in [3.8, 4) is 17.0 Å². The molecule has 5 aromatic rings. The molecule has 0 fully saturated rings. The number of hydrogen-bond acceptors (Lipinski definition) is 7. The van der Waals surface area contributed by atoms with Gasteiger partial charge in [-0.05, 0) is 49.2 Å². The number of nitrogens with zero attached hydrogens (tertiary/aromatic N) is 4. The van der Waals surface area contributed by atoms with Gasteiger partial charge in [0.15, 0.2) is 5.58 Å². The van der Waals surface area contributed by atoms with Crippen LogP contribution in [0.2, 0.25) is 0 Å². The van der Waals surface area contributed by atoms with Crippen molar-refractivity contribution < 1.29 is 14.1 Å². The summed E-state index contributed by atoms with van der Waals surface area (Å²) in [5, 5.41) is 14.1. The highest BCUT2D eigenvalue weighted by Gasteiger charge is 2.17. The lowest BCUT2D eigenvalue weighted by molar-refractivity contribution is -0.115. The van der Waals surface area contributed by atoms with Crippen molar-refractivity contribution in [1.29, 1.82) is 0 Å². The lowest BCUT2D eigenvalue weighted by Gasteiger charge is -2.03. The van der Waals surface area contributed by atoms with Gasteiger partial charge in [0.05, 0.1) is 19.2 Å². The average Bonchev–Trinajstić information content (AvgIpc) is 3.43. The predicted octanol–water partition coefficient (Wildman–Crippen LogP) is 4.41. The molecular formula is C22H19N5O3S. The molecular weight excluding hydrogens is 414 g/mol. The van der Waals surface area contributed by atoms with E-state index in [1.807, 2.05) is 55.6 Å². The predicted molar refractivity (Wildman–Crippen MR) is 119 cm³/mol. The first kappa shape index (κ1) is 19.3. The van der Waals surface area contributed by atoms with Crippen LogP contribution in [-0.4, -0.2) is 32.8 Å². The van der Waals surface area contributed by atoms with E-state index in [1.165, 1.54) is 11.3 Å². The average molecular weight is 433 g/mol. The first-order chi connectivity index (χ1) is 15.0. The van der Waals surface area contributed by atoms with Gasteiger partial charge in [0.25, 0.3) is 0 Å². The minimum atomic E-state index is -0.255. The summed E-state index contributed by atoms with van der Waals surface area (Å²) < 4.78 is 12.4. The van der Waals surface area contributed by atoms with Crippen LogP contribution in [0.5, 0.6) is 5.75 Å². The Morgan fingerprint density at radius 2 is 2.06 bits per heavy atom. The van der Waals surface area contributed by atoms with Crippen LogP contribution < -0.4 is 10.1 Å². The third-order valence-corrected chi connectivity index (χ3v) is 6.00. The summed E-state index contributed by atoms with van der Waals surface area (Å²) in [7, 11) is 1.63. The van der Waals surface area contributed by atoms with E-state index in [0.717, 1.165) is 33.5 Å². The van der Waals surface area contributed by atoms with E-state index < -0.39 is 0 Å². The van der Waals surface area contributed by atoms with Crippen LogP contribution in [0.15, 0.2) is 46.3 Å². The topological polar surface area (TPSA) is 94.5 Å². The third kappa shape index (κ3) is 3.53. The summed E-state index contributed by atoms with van der Waals surface area (Å²) in [5.41, 5.74) is 5.34. The molecule has 3 heterocycles. The fourth-order valence-corrected chi connectivity index (χ4v) is 4.24. The number of aryl methyl sites for hydroxylation is 2. The number of carbonyl (C=O) groups is 1. The molecule has 0 saturated carbocycles. The molecule has 0 unspecified atom stereocenters. The van der Waals surface area contributed by atoms with E-state index in [-0.39, 0.29) is 18.3 Å². The minimum absolute atomic E-state index is 0.0745. The van der Waals surface area contributed by atoms with Crippen LogP contribution in [0.4, 0.5) is 5.95 Å². The second kappa shape index (κ2) is 7.51. The first-order valence-electron chi connectivity index (χ1n) is 9.66. The number of rotatable bonds is 5. The standard InChI is InChI=1S/C22H19N5O3S/c1-12-7-16-17(26-30-19(16)8-13(12)2)10-20(28)23-21-24-22-27(25-21)18(11-31-22)14-5-4-6-15(9-14)29-3/h4-9,11H,10H2,1-3H3,(H,23,25,28). The summed E-state index contributed by atoms with van der Waals surface area (Å²) in [6.45, 7) is 4.03. The summed E-state index contributed by atoms with van der Waals surface area (Å²) in [6, 6.07) is 11.6. The number of thiazole rings is 1. The fourth-order valence-electron chi connectivity index (χ4n) is 3.41. The van der Waals surface area contributed by atoms with E-state index in [1.54, 1.807) is 11.6 Å². The number of ether oxygens (including phenoxy) is 1. The Morgan fingerprint density at radius 1 is 1.23 bits per heavy atom. The van der Waals surface area contributed by atoms with Crippen LogP contribution in [0, 0.1) is 13.8 Å². The summed E-state index contributed by atoms with van der Waals surface area (Å²) in [4.78, 5) is 17.7. The zero-order valence-corrected chi connectivity index (χ0v) is 18.0. The van der Waals surface area contributed by atoms with Gasteiger partial charge in [-0.2, -0.15) is 4.98 Å². The SMILES string of the molecule is COc1cccc(-c2csc3nc(NC(=O)Cc4noc5cc(C)c(C)cc45)nn23)c1. The molecule has 31 heavy (non-hydrogen) atoms. The normalized spacial score (nSPS) is 11.3. The van der Waals surface area contributed by atoms with Crippen molar-refractivity contribution in [3.63, 3.8) is 0 Å². The van der Waals surface area contributed by atoms with Crippen molar-refractivity contribution in [2.45, 2.75) is 20.3 Å². The number of anilines is 1. The van der Waals surface area contributed by atoms with Crippen LogP contribution in [-0.2, 0) is 11.2 Å². The number of carbonyl (C=O) groups excluding carboxylic acids is 1. The van der Waals surface area contributed by atoms with Crippen molar-refractivity contribution >= 4 is 39.1 Å². The van der Waals surface area contributed by atoms with Gasteiger partial charge in [0.2, 0.25) is 16.8 Å². The summed E-state index contributed by atoms with van der Waals surface area (Å²) >= 11 is 1.45. The zero-order valence-electron chi connectivity index (χ0n) is 17.2. The Labute approximate surface area is 181 Å². The maximum absolute atomic E-state index is 12.6. The zero-order chi connectivity index (χ0) is 21.5. The molecule has 1 N–H and O–H groups in total. The number of aromatic nitrogens is 4. The molecule has 0 atom stereocenters. The van der Waals surface area contributed by atoms with Gasteiger partial charge in [-0.25, -0.2) is 4.52 Å². The van der Waals surface area contributed by atoms with E-state index in [9.17, 15) is 4.79 Å². The molecule has 0 saturated heterocycles. The molecule has 8 nitrogen and oxygen atoms in total. The van der Waals surface area contributed by atoms with Crippen molar-refractivity contribution in [3.05, 3.63) is 58.6 Å². The molecule has 2 aromatic carbocycles. The number of nitrogens with one attached hydrogen (secondary N) is 1. The van der Waals surface area contributed by atoms with Crippen LogP contribution in [0.3, 0.4) is 0 Å². The molecule has 0 aliphatic heterocycles. The highest BCUT2D eigenvalue weighted by atomic mass is 32.1. The quantitative estimate of drug-likeness (QED) is 0.441. The maximum atomic E-state index is 12.6. The number of hydrogen-bond donors (Lipinski definition) is 1. The van der Waals surface area contributed by atoms with Crippen LogP contribution in [0.1, 0.15) is 16.8 Å². The molecule has 3 aromatic heterocycles. The number of fused-ring (bicyclic) bond motifs is 2. The smallest absolute Gasteiger partial charge is 0.250 e. The highest BCUT2D eigenvalue weighted by Crippen LogP contribution is 2.28. The molecule has 9 heteroatoms. The van der Waals surface area contributed by atoms with E-state index in [4.69, 9.17) is 9.26 Å². The number of benzene rings is 2. The molecule has 0 bridgehead atoms. The van der Waals surface area contributed by atoms with Crippen molar-refractivity contribution in [2.75, 3.05) is 12.4 Å². The second-order valence-corrected chi connectivity index (χ2v) is 8.11. The van der Waals surface area contributed by atoms with E-state index in [2.05, 4.69) is 20.6 Å². The van der Waals surface area contributed by atoms with Crippen molar-refractivity contribution in [1.82, 2.24) is 19.8 Å². The Bertz CT molecular complexity index is 1430. The van der Waals surface area contributed by atoms with Gasteiger partial charge in [-0.3, -0.25) is 10.1 Å². The first-order valence-corrected chi connectivity index (χ1v) is 10.5. The lowest BCUT2D eigenvalue weighted by Crippen LogP contribution is -2.15. The Morgan fingerprint density at radius 3 is 2.90 bits per heavy atom. The summed E-state index contributed by atoms with van der Waals surface area (Å²) in [6.07, 6.45) is 0.0745. The Hall–Kier alpha value is -3.72. The van der Waals surface area contributed by atoms with Gasteiger partial charge in [-0.1, -0.05) is 17.3 Å². The minimum Gasteiger partial charge on any atom is -0.497 e. The van der Waals surface area contributed by atoms with Gasteiger partial charge in [0, 0.05) is 16.3 Å². The molecule has 156 valence electrons. The fraction of sp³-hybridized carbons (Fsp3) is 0.182. The molecule has 0 radical (unpaired) electrons. The molecule has 5 rings (SSSR count). The van der Waals surface area contributed by atoms with Gasteiger partial charge < -0.3 is 9.26 Å². The molecule has 1 amide bonds. The summed E-state index contributed by atoms with van der Waals surface area (Å²) in [5.74, 6) is 0.756. The van der Waals surface area contributed by atoms with E-state index in [0.29, 0.717) is 16.2 Å². The second-order valence-electron chi connectivity index (χ2n) is 7.27. The number of amides is 1. The van der Waals surface area contributed by atoms with Gasteiger partial charge in [0.1, 0.15) is 11.4 Å². The number of methoxy groups -OCH3 is 1.